The van der Waals surface area contributed by atoms with Gasteiger partial charge in [-0.1, -0.05) is 0 Å². The van der Waals surface area contributed by atoms with Crippen LogP contribution in [0.5, 0.6) is 0 Å². The fourth-order valence-electron chi connectivity index (χ4n) is 1.56. The molecule has 1 aromatic heterocycles. The molecule has 0 radical (unpaired) electrons. The van der Waals surface area contributed by atoms with E-state index in [0.29, 0.717) is 0 Å². The van der Waals surface area contributed by atoms with E-state index >= 15 is 0 Å². The van der Waals surface area contributed by atoms with Crippen LogP contribution >= 0.6 is 0 Å². The average molecular weight is 207 g/mol. The highest BCUT2D eigenvalue weighted by Crippen LogP contribution is 2.17. The molecule has 0 unspecified atom stereocenters. The first-order valence-corrected chi connectivity index (χ1v) is 4.94. The fourth-order valence-corrected chi connectivity index (χ4v) is 1.56. The minimum atomic E-state index is -0.213. The summed E-state index contributed by atoms with van der Waals surface area (Å²) in [4.78, 5) is 2.09. The summed E-state index contributed by atoms with van der Waals surface area (Å²) in [5, 5.41) is 7.97. The molecule has 3 nitrogen and oxygen atoms in total. The van der Waals surface area contributed by atoms with Crippen LogP contribution < -0.4 is 0 Å². The van der Waals surface area contributed by atoms with Crippen molar-refractivity contribution in [2.24, 2.45) is 0 Å². The van der Waals surface area contributed by atoms with Gasteiger partial charge in [0.1, 0.15) is 5.82 Å². The number of H-pyrrole nitrogens is 1. The number of halogens is 1. The summed E-state index contributed by atoms with van der Waals surface area (Å²) in [6.45, 7) is 0.924. The fraction of sp³-hybridized carbons (Fsp3) is 0.364. The molecule has 0 saturated heterocycles. The smallest absolute Gasteiger partial charge is 0.124 e. The summed E-state index contributed by atoms with van der Waals surface area (Å²) in [5.41, 5.74) is 1.82. The molecular weight excluding hydrogens is 193 g/mol. The summed E-state index contributed by atoms with van der Waals surface area (Å²) < 4.78 is 13.0. The molecule has 2 rings (SSSR count). The zero-order valence-electron chi connectivity index (χ0n) is 8.92. The molecule has 0 spiro atoms. The number of hydrogen-bond acceptors (Lipinski definition) is 2. The normalized spacial score (nSPS) is 11.5. The number of aromatic amines is 1. The number of rotatable bonds is 3. The van der Waals surface area contributed by atoms with Gasteiger partial charge in [-0.05, 0) is 32.3 Å². The van der Waals surface area contributed by atoms with Gasteiger partial charge in [0.15, 0.2) is 0 Å². The van der Waals surface area contributed by atoms with Crippen LogP contribution in [0.1, 0.15) is 5.69 Å². The Bertz CT molecular complexity index is 462. The lowest BCUT2D eigenvalue weighted by molar-refractivity contribution is 0.412. The molecule has 4 heteroatoms. The van der Waals surface area contributed by atoms with E-state index in [1.807, 2.05) is 14.1 Å². The Morgan fingerprint density at radius 3 is 2.93 bits per heavy atom. The molecule has 1 heterocycles. The van der Waals surface area contributed by atoms with Gasteiger partial charge in [-0.2, -0.15) is 5.10 Å². The average Bonchev–Trinajstić information content (AvgIpc) is 2.57. The highest BCUT2D eigenvalue weighted by atomic mass is 19.1. The van der Waals surface area contributed by atoms with E-state index in [0.717, 1.165) is 29.6 Å². The zero-order chi connectivity index (χ0) is 10.8. The molecule has 0 aliphatic carbocycles. The monoisotopic (exact) mass is 207 g/mol. The number of nitrogens with zero attached hydrogens (tertiary/aromatic N) is 2. The maximum absolute atomic E-state index is 13.0. The third-order valence-corrected chi connectivity index (χ3v) is 2.40. The largest absolute Gasteiger partial charge is 0.309 e. The Balaban J connectivity index is 2.31. The molecule has 0 amide bonds. The van der Waals surface area contributed by atoms with Crippen LogP contribution in [0.4, 0.5) is 4.39 Å². The Hall–Kier alpha value is -1.42. The van der Waals surface area contributed by atoms with Crippen LogP contribution in [-0.2, 0) is 6.42 Å². The first-order chi connectivity index (χ1) is 7.16. The number of hydrogen-bond donors (Lipinski definition) is 1. The van der Waals surface area contributed by atoms with Crippen LogP contribution in [-0.4, -0.2) is 35.7 Å². The molecule has 0 fully saturated rings. The Labute approximate surface area is 87.9 Å². The van der Waals surface area contributed by atoms with Gasteiger partial charge >= 0.3 is 0 Å². The Kier molecular flexibility index (Phi) is 2.68. The van der Waals surface area contributed by atoms with Crippen molar-refractivity contribution in [2.45, 2.75) is 6.42 Å². The number of aromatic nitrogens is 2. The maximum atomic E-state index is 13.0. The van der Waals surface area contributed by atoms with Crippen molar-refractivity contribution in [3.63, 3.8) is 0 Å². The van der Waals surface area contributed by atoms with Crippen molar-refractivity contribution in [1.29, 1.82) is 0 Å². The van der Waals surface area contributed by atoms with Gasteiger partial charge in [0, 0.05) is 24.0 Å². The van der Waals surface area contributed by atoms with Gasteiger partial charge in [-0.3, -0.25) is 5.10 Å². The topological polar surface area (TPSA) is 31.9 Å². The van der Waals surface area contributed by atoms with E-state index in [9.17, 15) is 4.39 Å². The first kappa shape index (κ1) is 10.1. The quantitative estimate of drug-likeness (QED) is 0.832. The second-order valence-electron chi connectivity index (χ2n) is 3.92. The molecular formula is C11H14FN3. The highest BCUT2D eigenvalue weighted by molar-refractivity contribution is 5.81. The van der Waals surface area contributed by atoms with Crippen LogP contribution in [0.2, 0.25) is 0 Å². The van der Waals surface area contributed by atoms with Crippen LogP contribution in [0.25, 0.3) is 10.9 Å². The number of fused-ring (bicyclic) bond motifs is 1. The Morgan fingerprint density at radius 1 is 1.40 bits per heavy atom. The van der Waals surface area contributed by atoms with Crippen LogP contribution in [0, 0.1) is 5.82 Å². The lowest BCUT2D eigenvalue weighted by Crippen LogP contribution is -2.15. The van der Waals surface area contributed by atoms with Gasteiger partial charge < -0.3 is 4.90 Å². The van der Waals surface area contributed by atoms with E-state index in [2.05, 4.69) is 15.1 Å². The van der Waals surface area contributed by atoms with Crippen molar-refractivity contribution >= 4 is 10.9 Å². The van der Waals surface area contributed by atoms with Gasteiger partial charge in [0.05, 0.1) is 5.52 Å². The SMILES string of the molecule is CN(C)CCc1[nH]nc2ccc(F)cc12. The van der Waals surface area contributed by atoms with E-state index < -0.39 is 0 Å². The van der Waals surface area contributed by atoms with Gasteiger partial charge in [0.2, 0.25) is 0 Å². The summed E-state index contributed by atoms with van der Waals surface area (Å²) >= 11 is 0. The third-order valence-electron chi connectivity index (χ3n) is 2.40. The molecule has 80 valence electrons. The van der Waals surface area contributed by atoms with Crippen LogP contribution in [0.3, 0.4) is 0 Å². The van der Waals surface area contributed by atoms with Crippen LogP contribution in [0.15, 0.2) is 18.2 Å². The van der Waals surface area contributed by atoms with Crippen molar-refractivity contribution in [3.05, 3.63) is 29.7 Å². The van der Waals surface area contributed by atoms with Gasteiger partial charge in [0.25, 0.3) is 0 Å². The minimum Gasteiger partial charge on any atom is -0.309 e. The molecule has 0 aliphatic rings. The van der Waals surface area contributed by atoms with E-state index in [-0.39, 0.29) is 5.82 Å². The second-order valence-corrected chi connectivity index (χ2v) is 3.92. The van der Waals surface area contributed by atoms with Crippen molar-refractivity contribution < 1.29 is 4.39 Å². The van der Waals surface area contributed by atoms with E-state index in [1.165, 1.54) is 12.1 Å². The molecule has 2 aromatic rings. The Morgan fingerprint density at radius 2 is 2.20 bits per heavy atom. The molecule has 0 atom stereocenters. The molecule has 1 N–H and O–H groups in total. The standard InChI is InChI=1S/C11H14FN3/c1-15(2)6-5-11-9-7-8(12)3-4-10(9)13-14-11/h3-4,7H,5-6H2,1-2H3,(H,13,14). The zero-order valence-corrected chi connectivity index (χ0v) is 8.92. The van der Waals surface area contributed by atoms with E-state index in [1.54, 1.807) is 6.07 Å². The molecule has 1 aromatic carbocycles. The predicted octanol–water partition coefficient (Wildman–Crippen LogP) is 1.81. The maximum Gasteiger partial charge on any atom is 0.124 e. The predicted molar refractivity (Wildman–Crippen MR) is 58.3 cm³/mol. The minimum absolute atomic E-state index is 0.213. The van der Waals surface area contributed by atoms with Gasteiger partial charge in [-0.15, -0.1) is 0 Å². The third kappa shape index (κ3) is 2.15. The first-order valence-electron chi connectivity index (χ1n) is 4.94. The molecule has 0 bridgehead atoms. The van der Waals surface area contributed by atoms with E-state index in [4.69, 9.17) is 0 Å². The molecule has 15 heavy (non-hydrogen) atoms. The van der Waals surface area contributed by atoms with Crippen molar-refractivity contribution in [2.75, 3.05) is 20.6 Å². The summed E-state index contributed by atoms with van der Waals surface area (Å²) in [6, 6.07) is 4.66. The van der Waals surface area contributed by atoms with Gasteiger partial charge in [-0.25, -0.2) is 4.39 Å². The van der Waals surface area contributed by atoms with Crippen molar-refractivity contribution in [1.82, 2.24) is 15.1 Å². The highest BCUT2D eigenvalue weighted by Gasteiger charge is 2.06. The summed E-state index contributed by atoms with van der Waals surface area (Å²) in [7, 11) is 4.03. The lowest BCUT2D eigenvalue weighted by Gasteiger charge is -2.07. The summed E-state index contributed by atoms with van der Waals surface area (Å²) in [6.07, 6.45) is 0.854. The van der Waals surface area contributed by atoms with Crippen molar-refractivity contribution in [3.8, 4) is 0 Å². The second kappa shape index (κ2) is 3.98. The number of nitrogens with one attached hydrogen (secondary N) is 1. The summed E-state index contributed by atoms with van der Waals surface area (Å²) in [5.74, 6) is -0.213. The molecule has 0 aliphatic heterocycles. The molecule has 0 saturated carbocycles. The number of benzene rings is 1. The lowest BCUT2D eigenvalue weighted by atomic mass is 10.1. The number of likely N-dealkylation sites (N-methyl/N-ethyl adjacent to an activating group) is 1.